The first-order valence-corrected chi connectivity index (χ1v) is 24.8. The highest BCUT2D eigenvalue weighted by Gasteiger charge is 2.28. The summed E-state index contributed by atoms with van der Waals surface area (Å²) in [6.07, 6.45) is 55.6. The molecule has 0 saturated carbocycles. The minimum Gasteiger partial charge on any atom is -0.480 e. The van der Waals surface area contributed by atoms with Crippen LogP contribution in [0.4, 0.5) is 0 Å². The molecule has 0 aromatic rings. The first-order chi connectivity index (χ1) is 30.1. The van der Waals surface area contributed by atoms with E-state index in [4.69, 9.17) is 13.8 Å². The molecule has 0 aromatic carbocycles. The highest BCUT2D eigenvalue weighted by Crippen LogP contribution is 2.43. The van der Waals surface area contributed by atoms with Gasteiger partial charge in [0.1, 0.15) is 12.7 Å². The smallest absolute Gasteiger partial charge is 0.472 e. The number of carboxylic acid groups (broad SMARTS) is 1. The zero-order chi connectivity index (χ0) is 45.6. The Labute approximate surface area is 374 Å². The third-order valence-corrected chi connectivity index (χ3v) is 10.3. The monoisotopic (exact) mass is 888 g/mol. The molecule has 1 amide bonds. The number of carboxylic acids is 1. The van der Waals surface area contributed by atoms with Crippen molar-refractivity contribution in [2.45, 2.75) is 180 Å². The van der Waals surface area contributed by atoms with Crippen LogP contribution in [0.2, 0.25) is 0 Å². The first kappa shape index (κ1) is 58.4. The van der Waals surface area contributed by atoms with E-state index in [0.29, 0.717) is 12.8 Å². The summed E-state index contributed by atoms with van der Waals surface area (Å²) in [5, 5.41) is 21.9. The van der Waals surface area contributed by atoms with Crippen LogP contribution in [0.1, 0.15) is 168 Å². The van der Waals surface area contributed by atoms with E-state index in [1.54, 1.807) is 0 Å². The Bertz CT molecular complexity index is 1410. The van der Waals surface area contributed by atoms with Crippen LogP contribution in [0.3, 0.4) is 0 Å². The molecular weight excluding hydrogens is 806 g/mol. The largest absolute Gasteiger partial charge is 0.480 e. The van der Waals surface area contributed by atoms with Crippen LogP contribution >= 0.6 is 7.82 Å². The van der Waals surface area contributed by atoms with Crippen molar-refractivity contribution in [1.29, 1.82) is 0 Å². The van der Waals surface area contributed by atoms with Crippen molar-refractivity contribution < 1.29 is 47.8 Å². The normalized spacial score (nSPS) is 14.5. The summed E-state index contributed by atoms with van der Waals surface area (Å²) in [5.41, 5.74) is 0. The van der Waals surface area contributed by atoms with Gasteiger partial charge in [-0.15, -0.1) is 0 Å². The number of carbonyl (C=O) groups excluding carboxylic acids is 2. The number of hydrogen-bond donors (Lipinski definition) is 4. The van der Waals surface area contributed by atoms with Gasteiger partial charge >= 0.3 is 19.8 Å². The maximum absolute atomic E-state index is 12.3. The Morgan fingerprint density at radius 1 is 0.516 bits per heavy atom. The number of hydrogen-bond acceptors (Lipinski definition) is 8. The van der Waals surface area contributed by atoms with Crippen molar-refractivity contribution in [3.63, 3.8) is 0 Å². The molecule has 11 nitrogen and oxygen atoms in total. The van der Waals surface area contributed by atoms with Crippen LogP contribution in [0, 0.1) is 0 Å². The quantitative estimate of drug-likeness (QED) is 0.0200. The second-order valence-corrected chi connectivity index (χ2v) is 16.6. The lowest BCUT2D eigenvalue weighted by Gasteiger charge is -2.18. The summed E-state index contributed by atoms with van der Waals surface area (Å²) in [6, 6.07) is -1.57. The predicted molar refractivity (Wildman–Crippen MR) is 254 cm³/mol. The standard InChI is InChI=1S/C50H82NO10P/c1-3-5-7-9-11-13-15-17-19-21-22-23-24-26-27-29-31-33-35-37-39-41-48(53)51-47(50(55)56)45-61-62(57,58)60-44-46(52)43-59-49(54)42-40-38-36-34-32-30-28-25-20-18-16-14-12-10-8-6-4-2/h5-8,11-14,17-20,22-23,26-27,46-47,52H,3-4,9-10,15-16,21,24-25,28-45H2,1-2H3,(H,51,53)(H,55,56)(H,57,58)/b7-5-,8-6-,13-11-,14-12-,19-17-,20-18-,23-22-,27-26-. The summed E-state index contributed by atoms with van der Waals surface area (Å²) >= 11 is 0. The van der Waals surface area contributed by atoms with Gasteiger partial charge in [-0.2, -0.15) is 0 Å². The van der Waals surface area contributed by atoms with Crippen LogP contribution in [0.15, 0.2) is 97.2 Å². The molecule has 12 heteroatoms. The van der Waals surface area contributed by atoms with Gasteiger partial charge in [0, 0.05) is 12.8 Å². The van der Waals surface area contributed by atoms with Crippen molar-refractivity contribution >= 4 is 25.7 Å². The van der Waals surface area contributed by atoms with Crippen LogP contribution < -0.4 is 5.32 Å². The second-order valence-electron chi connectivity index (χ2n) is 15.2. The molecule has 0 heterocycles. The minimum absolute atomic E-state index is 0.117. The maximum Gasteiger partial charge on any atom is 0.472 e. The third kappa shape index (κ3) is 43.1. The Kier molecular flexibility index (Phi) is 41.5. The number of phosphoric acid groups is 1. The number of rotatable bonds is 42. The molecule has 0 fully saturated rings. The number of esters is 1. The molecule has 0 aliphatic carbocycles. The van der Waals surface area contributed by atoms with E-state index in [2.05, 4.69) is 116 Å². The molecule has 0 radical (unpaired) electrons. The molecule has 352 valence electrons. The number of phosphoric ester groups is 1. The summed E-state index contributed by atoms with van der Waals surface area (Å²) < 4.78 is 26.9. The Morgan fingerprint density at radius 2 is 0.887 bits per heavy atom. The lowest BCUT2D eigenvalue weighted by Crippen LogP contribution is -2.43. The molecule has 4 N–H and O–H groups in total. The van der Waals surface area contributed by atoms with Gasteiger partial charge in [-0.25, -0.2) is 9.36 Å². The number of aliphatic carboxylic acids is 1. The maximum atomic E-state index is 12.3. The Balaban J connectivity index is 3.95. The van der Waals surface area contributed by atoms with Crippen LogP contribution in [-0.4, -0.2) is 64.9 Å². The zero-order valence-corrected chi connectivity index (χ0v) is 39.0. The van der Waals surface area contributed by atoms with Crippen molar-refractivity contribution in [1.82, 2.24) is 5.32 Å². The molecule has 3 unspecified atom stereocenters. The fourth-order valence-corrected chi connectivity index (χ4v) is 6.60. The Morgan fingerprint density at radius 3 is 1.32 bits per heavy atom. The fourth-order valence-electron chi connectivity index (χ4n) is 5.83. The number of carbonyl (C=O) groups is 3. The number of nitrogens with one attached hydrogen (secondary N) is 1. The van der Waals surface area contributed by atoms with Crippen molar-refractivity contribution in [3.05, 3.63) is 97.2 Å². The van der Waals surface area contributed by atoms with Gasteiger partial charge in [0.25, 0.3) is 0 Å². The van der Waals surface area contributed by atoms with E-state index in [0.717, 1.165) is 116 Å². The molecule has 0 bridgehead atoms. The van der Waals surface area contributed by atoms with Gasteiger partial charge in [0.05, 0.1) is 13.2 Å². The van der Waals surface area contributed by atoms with Gasteiger partial charge in [-0.3, -0.25) is 18.6 Å². The van der Waals surface area contributed by atoms with Gasteiger partial charge in [-0.1, -0.05) is 162 Å². The molecule has 0 aromatic heterocycles. The van der Waals surface area contributed by atoms with Gasteiger partial charge < -0.3 is 25.2 Å². The number of ether oxygens (including phenoxy) is 1. The lowest BCUT2D eigenvalue weighted by atomic mass is 10.1. The van der Waals surface area contributed by atoms with Crippen molar-refractivity contribution in [3.8, 4) is 0 Å². The summed E-state index contributed by atoms with van der Waals surface area (Å²) in [7, 11) is -4.77. The molecule has 0 saturated heterocycles. The van der Waals surface area contributed by atoms with Gasteiger partial charge in [-0.05, 0) is 89.9 Å². The predicted octanol–water partition coefficient (Wildman–Crippen LogP) is 12.4. The number of allylic oxidation sites excluding steroid dienone is 16. The summed E-state index contributed by atoms with van der Waals surface area (Å²) in [5.74, 6) is -2.42. The van der Waals surface area contributed by atoms with Crippen molar-refractivity contribution in [2.24, 2.45) is 0 Å². The molecule has 0 rings (SSSR count). The summed E-state index contributed by atoms with van der Waals surface area (Å²) in [4.78, 5) is 46.0. The average Bonchev–Trinajstić information content (AvgIpc) is 3.25. The molecule has 0 aliphatic rings. The SMILES string of the molecule is CC/C=C\C/C=C\C/C=C\C/C=C\C/C=C\CCCCCCCC(=O)NC(COP(=O)(O)OCC(O)COC(=O)CCCCCCCCC/C=C\C/C=C\C/C=C\CC)C(=O)O. The molecule has 3 atom stereocenters. The minimum atomic E-state index is -4.77. The topological polar surface area (TPSA) is 169 Å². The van der Waals surface area contributed by atoms with E-state index < -0.39 is 57.6 Å². The van der Waals surface area contributed by atoms with Crippen LogP contribution in [0.25, 0.3) is 0 Å². The second kappa shape index (κ2) is 44.0. The number of unbranched alkanes of at least 4 members (excludes halogenated alkanes) is 12. The van der Waals surface area contributed by atoms with E-state index in [9.17, 15) is 34.1 Å². The van der Waals surface area contributed by atoms with E-state index >= 15 is 0 Å². The van der Waals surface area contributed by atoms with Gasteiger partial charge in [0.2, 0.25) is 5.91 Å². The van der Waals surface area contributed by atoms with Gasteiger partial charge in [0.15, 0.2) is 6.04 Å². The Hall–Kier alpha value is -3.60. The highest BCUT2D eigenvalue weighted by atomic mass is 31.2. The molecular formula is C50H82NO10P. The molecule has 0 aliphatic heterocycles. The molecule has 62 heavy (non-hydrogen) atoms. The van der Waals surface area contributed by atoms with E-state index in [1.165, 1.54) is 12.8 Å². The van der Waals surface area contributed by atoms with E-state index in [-0.39, 0.29) is 12.8 Å². The fraction of sp³-hybridized carbons (Fsp3) is 0.620. The van der Waals surface area contributed by atoms with Crippen LogP contribution in [-0.2, 0) is 32.7 Å². The third-order valence-electron chi connectivity index (χ3n) is 9.37. The number of amides is 1. The van der Waals surface area contributed by atoms with Crippen molar-refractivity contribution in [2.75, 3.05) is 19.8 Å². The lowest BCUT2D eigenvalue weighted by molar-refractivity contribution is -0.147. The first-order valence-electron chi connectivity index (χ1n) is 23.3. The summed E-state index contributed by atoms with van der Waals surface area (Å²) in [6.45, 7) is 2.34. The molecule has 0 spiro atoms. The number of aliphatic hydroxyl groups excluding tert-OH is 1. The van der Waals surface area contributed by atoms with Crippen LogP contribution in [0.5, 0.6) is 0 Å². The zero-order valence-electron chi connectivity index (χ0n) is 38.1. The number of aliphatic hydroxyl groups is 1. The average molecular weight is 888 g/mol. The van der Waals surface area contributed by atoms with E-state index in [1.807, 2.05) is 0 Å². The highest BCUT2D eigenvalue weighted by molar-refractivity contribution is 7.47.